The highest BCUT2D eigenvalue weighted by Crippen LogP contribution is 2.29. The number of aryl methyl sites for hydroxylation is 2. The Hall–Kier alpha value is -1.93. The second-order valence-electron chi connectivity index (χ2n) is 5.97. The molecule has 0 amide bonds. The van der Waals surface area contributed by atoms with Gasteiger partial charge in [-0.15, -0.1) is 5.10 Å². The van der Waals surface area contributed by atoms with Crippen molar-refractivity contribution in [2.24, 2.45) is 0 Å². The number of nitrogens with one attached hydrogen (secondary N) is 2. The molecule has 1 aromatic carbocycles. The molecule has 24 heavy (non-hydrogen) atoms. The zero-order valence-corrected chi connectivity index (χ0v) is 14.9. The van der Waals surface area contributed by atoms with Crippen molar-refractivity contribution in [1.82, 2.24) is 15.2 Å². The standard InChI is InChI=1S/C15H18ClN5O2S/c1-9-5-10(2)14(12(16)6-9)20-15-19-13(7-17-21-15)18-11-3-4-24(22,23)8-11/h5-7,11H,3-4,8H2,1-2H3,(H2,18,19,20,21). The largest absolute Gasteiger partial charge is 0.365 e. The van der Waals surface area contributed by atoms with Crippen molar-refractivity contribution in [3.05, 3.63) is 34.5 Å². The highest BCUT2D eigenvalue weighted by atomic mass is 35.5. The minimum atomic E-state index is -2.95. The van der Waals surface area contributed by atoms with Crippen molar-refractivity contribution in [3.63, 3.8) is 0 Å². The second-order valence-corrected chi connectivity index (χ2v) is 8.61. The highest BCUT2D eigenvalue weighted by molar-refractivity contribution is 7.91. The summed E-state index contributed by atoms with van der Waals surface area (Å²) in [4.78, 5) is 4.33. The topological polar surface area (TPSA) is 96.9 Å². The van der Waals surface area contributed by atoms with E-state index in [0.29, 0.717) is 23.2 Å². The smallest absolute Gasteiger partial charge is 0.249 e. The quantitative estimate of drug-likeness (QED) is 0.856. The van der Waals surface area contributed by atoms with Gasteiger partial charge in [-0.3, -0.25) is 0 Å². The van der Waals surface area contributed by atoms with Crippen LogP contribution in [0, 0.1) is 13.8 Å². The van der Waals surface area contributed by atoms with E-state index in [1.165, 1.54) is 6.20 Å². The van der Waals surface area contributed by atoms with Crippen LogP contribution in [0.3, 0.4) is 0 Å². The van der Waals surface area contributed by atoms with Crippen LogP contribution in [0.4, 0.5) is 17.5 Å². The highest BCUT2D eigenvalue weighted by Gasteiger charge is 2.28. The summed E-state index contributed by atoms with van der Waals surface area (Å²) in [6.07, 6.45) is 2.04. The first-order chi connectivity index (χ1) is 11.3. The molecule has 0 radical (unpaired) electrons. The van der Waals surface area contributed by atoms with Crippen LogP contribution < -0.4 is 10.6 Å². The molecule has 1 fully saturated rings. The van der Waals surface area contributed by atoms with Gasteiger partial charge in [-0.2, -0.15) is 10.1 Å². The van der Waals surface area contributed by atoms with Gasteiger partial charge in [0.05, 0.1) is 28.4 Å². The van der Waals surface area contributed by atoms with Crippen molar-refractivity contribution in [2.75, 3.05) is 22.1 Å². The first-order valence-corrected chi connectivity index (χ1v) is 9.73. The van der Waals surface area contributed by atoms with Crippen LogP contribution in [0.25, 0.3) is 0 Å². The van der Waals surface area contributed by atoms with Gasteiger partial charge in [-0.25, -0.2) is 8.42 Å². The zero-order chi connectivity index (χ0) is 17.3. The average Bonchev–Trinajstić information content (AvgIpc) is 2.82. The number of nitrogens with zero attached hydrogens (tertiary/aromatic N) is 3. The molecule has 0 saturated carbocycles. The summed E-state index contributed by atoms with van der Waals surface area (Å²) in [6, 6.07) is 3.72. The van der Waals surface area contributed by atoms with Crippen molar-refractivity contribution < 1.29 is 8.42 Å². The van der Waals surface area contributed by atoms with Gasteiger partial charge in [0.15, 0.2) is 15.7 Å². The third kappa shape index (κ3) is 3.93. The Labute approximate surface area is 145 Å². The van der Waals surface area contributed by atoms with Gasteiger partial charge in [0.25, 0.3) is 0 Å². The lowest BCUT2D eigenvalue weighted by Crippen LogP contribution is -2.21. The summed E-state index contributed by atoms with van der Waals surface area (Å²) >= 11 is 6.27. The molecular weight excluding hydrogens is 350 g/mol. The fourth-order valence-corrected chi connectivity index (χ4v) is 4.77. The van der Waals surface area contributed by atoms with Gasteiger partial charge >= 0.3 is 0 Å². The maximum Gasteiger partial charge on any atom is 0.249 e. The molecule has 0 aliphatic carbocycles. The molecule has 2 aromatic rings. The number of aromatic nitrogens is 3. The summed E-state index contributed by atoms with van der Waals surface area (Å²) in [7, 11) is -2.95. The van der Waals surface area contributed by atoms with E-state index in [9.17, 15) is 8.42 Å². The minimum absolute atomic E-state index is 0.114. The first kappa shape index (κ1) is 16.9. The molecule has 1 aliphatic rings. The Balaban J connectivity index is 1.77. The maximum atomic E-state index is 11.5. The van der Waals surface area contributed by atoms with Crippen LogP contribution in [0.15, 0.2) is 18.3 Å². The number of anilines is 3. The van der Waals surface area contributed by atoms with E-state index < -0.39 is 9.84 Å². The molecule has 2 N–H and O–H groups in total. The minimum Gasteiger partial charge on any atom is -0.365 e. The zero-order valence-electron chi connectivity index (χ0n) is 13.4. The summed E-state index contributed by atoms with van der Waals surface area (Å²) in [6.45, 7) is 3.92. The van der Waals surface area contributed by atoms with Gasteiger partial charge in [0.1, 0.15) is 0 Å². The predicted octanol–water partition coefficient (Wildman–Crippen LogP) is 2.48. The number of hydrogen-bond donors (Lipinski definition) is 2. The lowest BCUT2D eigenvalue weighted by atomic mass is 10.1. The molecule has 0 bridgehead atoms. The van der Waals surface area contributed by atoms with Gasteiger partial charge in [-0.1, -0.05) is 17.7 Å². The Bertz CT molecular complexity index is 849. The molecule has 1 saturated heterocycles. The van der Waals surface area contributed by atoms with Crippen molar-refractivity contribution in [2.45, 2.75) is 26.3 Å². The molecule has 1 unspecified atom stereocenters. The van der Waals surface area contributed by atoms with Crippen LogP contribution in [-0.2, 0) is 9.84 Å². The lowest BCUT2D eigenvalue weighted by Gasteiger charge is -2.13. The van der Waals surface area contributed by atoms with E-state index in [1.54, 1.807) is 0 Å². The van der Waals surface area contributed by atoms with E-state index in [4.69, 9.17) is 11.6 Å². The Morgan fingerprint density at radius 2 is 2.08 bits per heavy atom. The number of rotatable bonds is 4. The Morgan fingerprint density at radius 3 is 2.75 bits per heavy atom. The Morgan fingerprint density at radius 1 is 1.29 bits per heavy atom. The van der Waals surface area contributed by atoms with E-state index in [-0.39, 0.29) is 17.5 Å². The van der Waals surface area contributed by atoms with E-state index >= 15 is 0 Å². The summed E-state index contributed by atoms with van der Waals surface area (Å²) in [5, 5.41) is 14.6. The number of hydrogen-bond acceptors (Lipinski definition) is 7. The third-order valence-corrected chi connectivity index (χ3v) is 5.88. The Kier molecular flexibility index (Phi) is 4.60. The average molecular weight is 368 g/mol. The molecular formula is C15H18ClN5O2S. The maximum absolute atomic E-state index is 11.5. The summed E-state index contributed by atoms with van der Waals surface area (Å²) in [5.74, 6) is 1.10. The number of benzene rings is 1. The molecule has 1 atom stereocenters. The van der Waals surface area contributed by atoms with Gasteiger partial charge in [0, 0.05) is 6.04 Å². The van der Waals surface area contributed by atoms with Gasteiger partial charge in [0.2, 0.25) is 5.95 Å². The van der Waals surface area contributed by atoms with E-state index in [1.807, 2.05) is 26.0 Å². The molecule has 7 nitrogen and oxygen atoms in total. The predicted molar refractivity (Wildman–Crippen MR) is 94.7 cm³/mol. The molecule has 1 aromatic heterocycles. The van der Waals surface area contributed by atoms with Gasteiger partial charge in [-0.05, 0) is 37.5 Å². The van der Waals surface area contributed by atoms with E-state index in [0.717, 1.165) is 16.8 Å². The fourth-order valence-electron chi connectivity index (χ4n) is 2.73. The van der Waals surface area contributed by atoms with Crippen LogP contribution in [0.5, 0.6) is 0 Å². The molecule has 3 rings (SSSR count). The molecule has 0 spiro atoms. The first-order valence-electron chi connectivity index (χ1n) is 7.53. The molecule has 1 aliphatic heterocycles. The molecule has 9 heteroatoms. The van der Waals surface area contributed by atoms with Crippen molar-refractivity contribution in [3.8, 4) is 0 Å². The normalized spacial score (nSPS) is 19.2. The molecule has 128 valence electrons. The number of sulfone groups is 1. The lowest BCUT2D eigenvalue weighted by molar-refractivity contribution is 0.602. The monoisotopic (exact) mass is 367 g/mol. The summed E-state index contributed by atoms with van der Waals surface area (Å²) in [5.41, 5.74) is 2.77. The van der Waals surface area contributed by atoms with Crippen molar-refractivity contribution >= 4 is 38.9 Å². The summed E-state index contributed by atoms with van der Waals surface area (Å²) < 4.78 is 23.1. The van der Waals surface area contributed by atoms with Crippen LogP contribution >= 0.6 is 11.6 Å². The van der Waals surface area contributed by atoms with Crippen LogP contribution in [0.2, 0.25) is 5.02 Å². The third-order valence-electron chi connectivity index (χ3n) is 3.81. The molecule has 2 heterocycles. The van der Waals surface area contributed by atoms with Gasteiger partial charge < -0.3 is 10.6 Å². The number of halogens is 1. The van der Waals surface area contributed by atoms with Crippen molar-refractivity contribution in [1.29, 1.82) is 0 Å². The van der Waals surface area contributed by atoms with E-state index in [2.05, 4.69) is 25.8 Å². The second kappa shape index (κ2) is 6.52. The SMILES string of the molecule is Cc1cc(C)c(Nc2nncc(NC3CCS(=O)(=O)C3)n2)c(Cl)c1. The van der Waals surface area contributed by atoms with Crippen LogP contribution in [0.1, 0.15) is 17.5 Å². The fraction of sp³-hybridized carbons (Fsp3) is 0.400. The van der Waals surface area contributed by atoms with Crippen LogP contribution in [-0.4, -0.2) is 41.1 Å².